The van der Waals surface area contributed by atoms with Crippen molar-refractivity contribution in [3.05, 3.63) is 59.7 Å². The Morgan fingerprint density at radius 2 is 1.83 bits per heavy atom. The summed E-state index contributed by atoms with van der Waals surface area (Å²) in [6.07, 6.45) is 1.76. The number of carbonyl (C=O) groups is 2. The Morgan fingerprint density at radius 1 is 1.07 bits per heavy atom. The van der Waals surface area contributed by atoms with E-state index in [0.717, 1.165) is 12.8 Å². The molecule has 2 amide bonds. The summed E-state index contributed by atoms with van der Waals surface area (Å²) < 4.78 is 5.77. The van der Waals surface area contributed by atoms with Crippen LogP contribution in [0.4, 0.5) is 5.69 Å². The third kappa shape index (κ3) is 7.48. The van der Waals surface area contributed by atoms with Gasteiger partial charge in [0, 0.05) is 17.8 Å². The van der Waals surface area contributed by atoms with Crippen molar-refractivity contribution in [2.24, 2.45) is 5.92 Å². The molecular weight excluding hydrogens is 398 g/mol. The molecule has 0 aliphatic heterocycles. The van der Waals surface area contributed by atoms with Crippen molar-refractivity contribution < 1.29 is 14.3 Å². The van der Waals surface area contributed by atoms with Crippen LogP contribution in [0.15, 0.2) is 48.5 Å². The number of carbonyl (C=O) groups excluding carboxylic acids is 2. The van der Waals surface area contributed by atoms with Crippen LogP contribution in [0.2, 0.25) is 0 Å². The molecule has 0 radical (unpaired) electrons. The van der Waals surface area contributed by atoms with Gasteiger partial charge in [0.1, 0.15) is 5.75 Å². The first-order chi connectivity index (χ1) is 14.4. The summed E-state index contributed by atoms with van der Waals surface area (Å²) in [5.74, 6) is 0.531. The van der Waals surface area contributed by atoms with Crippen LogP contribution in [0.25, 0.3) is 0 Å². The molecule has 0 saturated heterocycles. The number of amides is 2. The lowest BCUT2D eigenvalue weighted by Gasteiger charge is -2.14. The van der Waals surface area contributed by atoms with E-state index in [1.54, 1.807) is 42.5 Å². The van der Waals surface area contributed by atoms with Gasteiger partial charge in [-0.15, -0.1) is 0 Å². The molecule has 2 aromatic rings. The molecule has 0 unspecified atom stereocenters. The first kappa shape index (κ1) is 23.3. The Kier molecular flexibility index (Phi) is 9.28. The molecule has 6 nitrogen and oxygen atoms in total. The summed E-state index contributed by atoms with van der Waals surface area (Å²) in [6, 6.07) is 14.0. The van der Waals surface area contributed by atoms with Crippen LogP contribution in [0.1, 0.15) is 54.3 Å². The van der Waals surface area contributed by atoms with Crippen LogP contribution >= 0.6 is 12.2 Å². The van der Waals surface area contributed by atoms with Gasteiger partial charge >= 0.3 is 0 Å². The van der Waals surface area contributed by atoms with Crippen molar-refractivity contribution >= 4 is 34.8 Å². The number of hydrogen-bond donors (Lipinski definition) is 3. The smallest absolute Gasteiger partial charge is 0.261 e. The van der Waals surface area contributed by atoms with Crippen molar-refractivity contribution in [3.63, 3.8) is 0 Å². The summed E-state index contributed by atoms with van der Waals surface area (Å²) >= 11 is 5.27. The van der Waals surface area contributed by atoms with Crippen molar-refractivity contribution in [3.8, 4) is 5.75 Å². The van der Waals surface area contributed by atoms with E-state index in [1.165, 1.54) is 0 Å². The maximum atomic E-state index is 12.7. The summed E-state index contributed by atoms with van der Waals surface area (Å²) in [6.45, 7) is 7.39. The number of nitrogens with one attached hydrogen (secondary N) is 3. The van der Waals surface area contributed by atoms with Gasteiger partial charge in [0.05, 0.1) is 12.2 Å². The third-order valence-corrected chi connectivity index (χ3v) is 4.43. The van der Waals surface area contributed by atoms with E-state index < -0.39 is 0 Å². The van der Waals surface area contributed by atoms with Crippen LogP contribution in [-0.4, -0.2) is 30.1 Å². The van der Waals surface area contributed by atoms with Gasteiger partial charge in [-0.05, 0) is 61.3 Å². The van der Waals surface area contributed by atoms with E-state index in [1.807, 2.05) is 13.0 Å². The van der Waals surface area contributed by atoms with Gasteiger partial charge in [-0.1, -0.05) is 39.0 Å². The molecule has 3 N–H and O–H groups in total. The second-order valence-corrected chi connectivity index (χ2v) is 7.68. The minimum absolute atomic E-state index is 0.142. The van der Waals surface area contributed by atoms with Crippen LogP contribution in [0.3, 0.4) is 0 Å². The molecule has 0 fully saturated rings. The highest BCUT2D eigenvalue weighted by atomic mass is 32.1. The van der Waals surface area contributed by atoms with E-state index in [0.29, 0.717) is 41.6 Å². The summed E-state index contributed by atoms with van der Waals surface area (Å²) in [5, 5.41) is 8.59. The lowest BCUT2D eigenvalue weighted by molar-refractivity contribution is 0.0950. The number of thiocarbonyl (C=S) groups is 1. The Hall–Kier alpha value is -2.93. The molecule has 2 rings (SSSR count). The predicted molar refractivity (Wildman–Crippen MR) is 124 cm³/mol. The minimum atomic E-state index is -0.357. The van der Waals surface area contributed by atoms with Crippen LogP contribution in [0.5, 0.6) is 5.75 Å². The summed E-state index contributed by atoms with van der Waals surface area (Å²) in [4.78, 5) is 24.8. The van der Waals surface area contributed by atoms with Crippen LogP contribution in [-0.2, 0) is 0 Å². The second kappa shape index (κ2) is 11.9. The largest absolute Gasteiger partial charge is 0.493 e. The summed E-state index contributed by atoms with van der Waals surface area (Å²) in [5.41, 5.74) is 1.55. The molecule has 2 aromatic carbocycles. The first-order valence-corrected chi connectivity index (χ1v) is 10.5. The third-order valence-electron chi connectivity index (χ3n) is 4.23. The molecule has 0 spiro atoms. The fourth-order valence-electron chi connectivity index (χ4n) is 2.60. The lowest BCUT2D eigenvalue weighted by atomic mass is 10.1. The van der Waals surface area contributed by atoms with Gasteiger partial charge < -0.3 is 15.4 Å². The van der Waals surface area contributed by atoms with Gasteiger partial charge in [-0.3, -0.25) is 14.9 Å². The SMILES string of the molecule is CCCNC(=O)c1cccc(NC(=S)NC(=O)c2ccccc2OCCC(C)C)c1. The quantitative estimate of drug-likeness (QED) is 0.518. The van der Waals surface area contributed by atoms with Crippen LogP contribution in [0, 0.1) is 5.92 Å². The average Bonchev–Trinajstić information content (AvgIpc) is 2.72. The van der Waals surface area contributed by atoms with E-state index >= 15 is 0 Å². The molecule has 0 heterocycles. The Morgan fingerprint density at radius 3 is 2.57 bits per heavy atom. The summed E-state index contributed by atoms with van der Waals surface area (Å²) in [7, 11) is 0. The Balaban J connectivity index is 1.99. The Bertz CT molecular complexity index is 884. The molecule has 0 aliphatic carbocycles. The maximum Gasteiger partial charge on any atom is 0.261 e. The molecule has 160 valence electrons. The number of rotatable bonds is 9. The average molecular weight is 428 g/mol. The number of anilines is 1. The zero-order valence-corrected chi connectivity index (χ0v) is 18.5. The molecule has 0 aliphatic rings. The lowest BCUT2D eigenvalue weighted by Crippen LogP contribution is -2.34. The van der Waals surface area contributed by atoms with Crippen molar-refractivity contribution in [1.29, 1.82) is 0 Å². The molecule has 0 aromatic heterocycles. The molecule has 0 saturated carbocycles. The van der Waals surface area contributed by atoms with Crippen molar-refractivity contribution in [1.82, 2.24) is 10.6 Å². The number of benzene rings is 2. The van der Waals surface area contributed by atoms with Gasteiger partial charge in [-0.25, -0.2) is 0 Å². The fraction of sp³-hybridized carbons (Fsp3) is 0.348. The fourth-order valence-corrected chi connectivity index (χ4v) is 2.81. The van der Waals surface area contributed by atoms with Gasteiger partial charge in [-0.2, -0.15) is 0 Å². The number of ether oxygens (including phenoxy) is 1. The van der Waals surface area contributed by atoms with Gasteiger partial charge in [0.2, 0.25) is 0 Å². The zero-order chi connectivity index (χ0) is 21.9. The highest BCUT2D eigenvalue weighted by Crippen LogP contribution is 2.19. The highest BCUT2D eigenvalue weighted by Gasteiger charge is 2.14. The zero-order valence-electron chi connectivity index (χ0n) is 17.7. The molecule has 0 atom stereocenters. The van der Waals surface area contributed by atoms with Gasteiger partial charge in [0.25, 0.3) is 11.8 Å². The monoisotopic (exact) mass is 427 g/mol. The standard InChI is InChI=1S/C23H29N3O3S/c1-4-13-24-21(27)17-8-7-9-18(15-17)25-23(30)26-22(28)19-10-5-6-11-20(19)29-14-12-16(2)3/h5-11,15-16H,4,12-14H2,1-3H3,(H,24,27)(H2,25,26,28,30). The molecule has 0 bridgehead atoms. The van der Waals surface area contributed by atoms with Gasteiger partial charge in [0.15, 0.2) is 5.11 Å². The molecule has 30 heavy (non-hydrogen) atoms. The van der Waals surface area contributed by atoms with E-state index in [-0.39, 0.29) is 16.9 Å². The van der Waals surface area contributed by atoms with E-state index in [2.05, 4.69) is 29.8 Å². The number of para-hydroxylation sites is 1. The normalized spacial score (nSPS) is 10.4. The molecular formula is C23H29N3O3S. The second-order valence-electron chi connectivity index (χ2n) is 7.27. The topological polar surface area (TPSA) is 79.5 Å². The highest BCUT2D eigenvalue weighted by molar-refractivity contribution is 7.80. The van der Waals surface area contributed by atoms with Crippen molar-refractivity contribution in [2.45, 2.75) is 33.6 Å². The maximum absolute atomic E-state index is 12.7. The van der Waals surface area contributed by atoms with E-state index in [4.69, 9.17) is 17.0 Å². The van der Waals surface area contributed by atoms with Crippen LogP contribution < -0.4 is 20.7 Å². The number of hydrogen-bond acceptors (Lipinski definition) is 4. The predicted octanol–water partition coefficient (Wildman–Crippen LogP) is 4.38. The minimum Gasteiger partial charge on any atom is -0.493 e. The van der Waals surface area contributed by atoms with E-state index in [9.17, 15) is 9.59 Å². The molecule has 7 heteroatoms. The first-order valence-electron chi connectivity index (χ1n) is 10.1. The Labute approximate surface area is 183 Å². The van der Waals surface area contributed by atoms with Crippen molar-refractivity contribution in [2.75, 3.05) is 18.5 Å².